The molecule has 0 radical (unpaired) electrons. The van der Waals surface area contributed by atoms with Gasteiger partial charge < -0.3 is 14.2 Å². The molecule has 0 aromatic heterocycles. The molecule has 0 amide bonds. The first-order valence-electron chi connectivity index (χ1n) is 13.4. The molecule has 0 heterocycles. The first-order valence-corrected chi connectivity index (χ1v) is 13.4. The van der Waals surface area contributed by atoms with Gasteiger partial charge in [-0.25, -0.2) is 4.39 Å². The van der Waals surface area contributed by atoms with Crippen molar-refractivity contribution in [3.63, 3.8) is 0 Å². The average Bonchev–Trinajstić information content (AvgIpc) is 2.85. The first-order chi connectivity index (χ1) is 16.8. The normalized spacial score (nSPS) is 22.2. The van der Waals surface area contributed by atoms with E-state index in [1.807, 2.05) is 26.0 Å². The Morgan fingerprint density at radius 1 is 0.829 bits per heavy atom. The molecule has 0 aliphatic heterocycles. The number of hydrogen-bond donors (Lipinski definition) is 0. The van der Waals surface area contributed by atoms with Gasteiger partial charge in [-0.1, -0.05) is 89.5 Å². The van der Waals surface area contributed by atoms with Crippen molar-refractivity contribution in [3.05, 3.63) is 48.6 Å². The Balaban J connectivity index is 1.73. The second-order valence-corrected chi connectivity index (χ2v) is 10.0. The van der Waals surface area contributed by atoms with Crippen molar-refractivity contribution in [2.75, 3.05) is 13.2 Å². The fourth-order valence-electron chi connectivity index (χ4n) is 3.93. The minimum Gasteiger partial charge on any atom is -0.494 e. The summed E-state index contributed by atoms with van der Waals surface area (Å²) in [6.45, 7) is 8.57. The van der Waals surface area contributed by atoms with Crippen LogP contribution in [-0.4, -0.2) is 31.0 Å². The Morgan fingerprint density at radius 2 is 1.40 bits per heavy atom. The third kappa shape index (κ3) is 10.6. The van der Waals surface area contributed by atoms with Crippen LogP contribution in [0.1, 0.15) is 91.9 Å². The highest BCUT2D eigenvalue weighted by atomic mass is 19.1. The molecule has 1 aliphatic rings. The molecule has 0 N–H and O–H groups in total. The summed E-state index contributed by atoms with van der Waals surface area (Å²) in [5.41, 5.74) is -1.64. The van der Waals surface area contributed by atoms with E-state index in [4.69, 9.17) is 14.2 Å². The number of ether oxygens (including phenoxy) is 3. The summed E-state index contributed by atoms with van der Waals surface area (Å²) in [6, 6.07) is 7.17. The molecule has 0 saturated heterocycles. The molecule has 2 rings (SSSR count). The zero-order chi connectivity index (χ0) is 25.6. The zero-order valence-corrected chi connectivity index (χ0v) is 22.2. The molecule has 0 spiro atoms. The van der Waals surface area contributed by atoms with Crippen LogP contribution >= 0.6 is 0 Å². The lowest BCUT2D eigenvalue weighted by molar-refractivity contribution is -0.140. The van der Waals surface area contributed by atoms with E-state index in [2.05, 4.69) is 6.92 Å². The molecule has 1 aliphatic carbocycles. The summed E-state index contributed by atoms with van der Waals surface area (Å²) >= 11 is 0. The molecule has 4 nitrogen and oxygen atoms in total. The van der Waals surface area contributed by atoms with Crippen molar-refractivity contribution in [1.82, 2.24) is 0 Å². The van der Waals surface area contributed by atoms with Gasteiger partial charge in [0.05, 0.1) is 13.2 Å². The molecule has 1 atom stereocenters. The fourth-order valence-corrected chi connectivity index (χ4v) is 3.93. The van der Waals surface area contributed by atoms with Crippen molar-refractivity contribution in [2.45, 2.75) is 104 Å². The highest BCUT2D eigenvalue weighted by Crippen LogP contribution is 2.33. The molecular weight excluding hydrogens is 443 g/mol. The van der Waals surface area contributed by atoms with E-state index in [-0.39, 0.29) is 12.6 Å². The molecule has 1 unspecified atom stereocenters. The number of esters is 1. The number of carbonyl (C=O) groups excluding carboxylic acids is 1. The number of rotatable bonds is 17. The highest BCUT2D eigenvalue weighted by Gasteiger charge is 2.35. The molecule has 0 fully saturated rings. The molecule has 0 bridgehead atoms. The van der Waals surface area contributed by atoms with Crippen LogP contribution < -0.4 is 9.47 Å². The van der Waals surface area contributed by atoms with Gasteiger partial charge in [-0.3, -0.25) is 4.79 Å². The Labute approximate surface area is 211 Å². The number of alkyl halides is 1. The summed E-state index contributed by atoms with van der Waals surface area (Å²) in [7, 11) is 0. The van der Waals surface area contributed by atoms with Crippen LogP contribution in [0.2, 0.25) is 0 Å². The topological polar surface area (TPSA) is 44.8 Å². The van der Waals surface area contributed by atoms with E-state index in [1.54, 1.807) is 43.4 Å². The average molecular weight is 489 g/mol. The lowest BCUT2D eigenvalue weighted by Crippen LogP contribution is -2.35. The van der Waals surface area contributed by atoms with Crippen molar-refractivity contribution in [1.29, 1.82) is 0 Å². The number of unbranched alkanes of at least 4 members (excludes halogenated alkanes) is 7. The van der Waals surface area contributed by atoms with E-state index < -0.39 is 17.2 Å². The van der Waals surface area contributed by atoms with Crippen molar-refractivity contribution >= 4 is 5.97 Å². The maximum atomic E-state index is 13.8. The van der Waals surface area contributed by atoms with E-state index in [1.165, 1.54) is 44.9 Å². The van der Waals surface area contributed by atoms with Gasteiger partial charge in [0.1, 0.15) is 28.7 Å². The van der Waals surface area contributed by atoms with Gasteiger partial charge in [0, 0.05) is 0 Å². The lowest BCUT2D eigenvalue weighted by atomic mass is 9.82. The predicted molar refractivity (Wildman–Crippen MR) is 141 cm³/mol. The van der Waals surface area contributed by atoms with E-state index in [0.717, 1.165) is 18.6 Å². The smallest absolute Gasteiger partial charge is 0.324 e. The fraction of sp³-hybridized carbons (Fsp3) is 0.633. The maximum Gasteiger partial charge on any atom is 0.324 e. The third-order valence-electron chi connectivity index (χ3n) is 6.44. The van der Waals surface area contributed by atoms with Gasteiger partial charge in [0.25, 0.3) is 0 Å². The predicted octanol–water partition coefficient (Wildman–Crippen LogP) is 8.16. The van der Waals surface area contributed by atoms with Crippen LogP contribution in [0.3, 0.4) is 0 Å². The minimum atomic E-state index is -0.982. The van der Waals surface area contributed by atoms with Crippen molar-refractivity contribution in [3.8, 4) is 11.5 Å². The quantitative estimate of drug-likeness (QED) is 0.0960. The van der Waals surface area contributed by atoms with Crippen LogP contribution in [0.4, 0.5) is 4.39 Å². The molecule has 1 aromatic carbocycles. The largest absolute Gasteiger partial charge is 0.494 e. The van der Waals surface area contributed by atoms with Gasteiger partial charge in [-0.15, -0.1) is 0 Å². The molecule has 5 heteroatoms. The van der Waals surface area contributed by atoms with Crippen LogP contribution in [0.5, 0.6) is 11.5 Å². The Morgan fingerprint density at radius 3 is 2.00 bits per heavy atom. The Bertz CT molecular complexity index is 785. The van der Waals surface area contributed by atoms with Crippen LogP contribution in [0.25, 0.3) is 0 Å². The Kier molecular flexibility index (Phi) is 12.5. The van der Waals surface area contributed by atoms with Crippen LogP contribution in [0.15, 0.2) is 48.6 Å². The lowest BCUT2D eigenvalue weighted by Gasteiger charge is -2.31. The standard InChI is InChI=1S/C30H45FO4/c1-5-7-8-9-10-11-12-13-23-33-26-15-17-27(18-16-26)35-28(32)29(3)19-21-30(4,22-20-29)34-24-25(31)14-6-2/h15-22,25H,5-14,23-24H2,1-4H3. The SMILES string of the molecule is CCCCCCCCCCOc1ccc(OC(=O)C2(C)C=CC(C)(OCC(F)CCC)C=C2)cc1. The Hall–Kier alpha value is -2.14. The van der Waals surface area contributed by atoms with Crippen molar-refractivity contribution in [2.24, 2.45) is 5.41 Å². The third-order valence-corrected chi connectivity index (χ3v) is 6.44. The maximum absolute atomic E-state index is 13.8. The highest BCUT2D eigenvalue weighted by molar-refractivity contribution is 5.83. The molecule has 1 aromatic rings. The number of carbonyl (C=O) groups is 1. The summed E-state index contributed by atoms with van der Waals surface area (Å²) < 4.78 is 31.0. The molecule has 35 heavy (non-hydrogen) atoms. The second kappa shape index (κ2) is 15.1. The van der Waals surface area contributed by atoms with E-state index in [9.17, 15) is 9.18 Å². The summed E-state index contributed by atoms with van der Waals surface area (Å²) in [5, 5.41) is 0. The van der Waals surface area contributed by atoms with Crippen LogP contribution in [-0.2, 0) is 9.53 Å². The number of hydrogen-bond acceptors (Lipinski definition) is 4. The summed E-state index contributed by atoms with van der Waals surface area (Å²) in [4.78, 5) is 12.8. The summed E-state index contributed by atoms with van der Waals surface area (Å²) in [6.07, 6.45) is 17.6. The van der Waals surface area contributed by atoms with Gasteiger partial charge in [-0.05, 0) is 51.0 Å². The monoisotopic (exact) mass is 488 g/mol. The zero-order valence-electron chi connectivity index (χ0n) is 22.2. The van der Waals surface area contributed by atoms with E-state index >= 15 is 0 Å². The van der Waals surface area contributed by atoms with Gasteiger partial charge in [0.2, 0.25) is 0 Å². The van der Waals surface area contributed by atoms with Gasteiger partial charge >= 0.3 is 5.97 Å². The summed E-state index contributed by atoms with van der Waals surface area (Å²) in [5.74, 6) is 0.870. The van der Waals surface area contributed by atoms with Gasteiger partial charge in [0.15, 0.2) is 0 Å². The van der Waals surface area contributed by atoms with E-state index in [0.29, 0.717) is 18.8 Å². The minimum absolute atomic E-state index is 0.0354. The van der Waals surface area contributed by atoms with Crippen molar-refractivity contribution < 1.29 is 23.4 Å². The molecule has 196 valence electrons. The second-order valence-electron chi connectivity index (χ2n) is 10.0. The number of benzene rings is 1. The molecular formula is C30H45FO4. The first kappa shape index (κ1) is 29.1. The van der Waals surface area contributed by atoms with Crippen LogP contribution in [0, 0.1) is 5.41 Å². The number of halogens is 1. The van der Waals surface area contributed by atoms with Gasteiger partial charge in [-0.2, -0.15) is 0 Å². The molecule has 0 saturated carbocycles.